The van der Waals surface area contributed by atoms with Crippen molar-refractivity contribution in [1.82, 2.24) is 10.0 Å². The highest BCUT2D eigenvalue weighted by Crippen LogP contribution is 2.34. The Kier molecular flexibility index (Phi) is 22.5. The highest BCUT2D eigenvalue weighted by atomic mass is 16.5. The summed E-state index contributed by atoms with van der Waals surface area (Å²) in [4.78, 5) is 30.3. The third-order valence-corrected chi connectivity index (χ3v) is 15.6. The van der Waals surface area contributed by atoms with Gasteiger partial charge in [0.05, 0.1) is 64.1 Å². The number of amides is 2. The van der Waals surface area contributed by atoms with Crippen LogP contribution < -0.4 is 23.8 Å². The Morgan fingerprint density at radius 2 is 0.965 bits per heavy atom. The van der Waals surface area contributed by atoms with Crippen molar-refractivity contribution in [1.29, 1.82) is 0 Å². The first-order chi connectivity index (χ1) is 41.4. The van der Waals surface area contributed by atoms with Crippen LogP contribution in [0.25, 0.3) is 23.3 Å². The van der Waals surface area contributed by atoms with Crippen molar-refractivity contribution in [2.24, 2.45) is 10.2 Å². The third-order valence-electron chi connectivity index (χ3n) is 15.6. The van der Waals surface area contributed by atoms with Gasteiger partial charge in [-0.1, -0.05) is 144 Å². The number of unbranched alkanes of at least 4 members (excludes halogenated alkanes) is 4. The van der Waals surface area contributed by atoms with Gasteiger partial charge in [-0.2, -0.15) is 10.2 Å². The van der Waals surface area contributed by atoms with E-state index in [1.54, 1.807) is 38.5 Å². The first-order valence-corrected chi connectivity index (χ1v) is 30.2. The predicted molar refractivity (Wildman–Crippen MR) is 350 cm³/mol. The maximum absolute atomic E-state index is 13.9. The molecule has 0 unspecified atom stereocenters. The van der Waals surface area contributed by atoms with E-state index in [9.17, 15) is 9.59 Å². The fraction of sp³-hybridized carbons (Fsp3) is 0.329. The normalized spacial score (nSPS) is 15.2. The molecule has 2 amide bonds. The minimum Gasteiger partial charge on any atom is -0.493 e. The summed E-state index contributed by atoms with van der Waals surface area (Å²) in [7, 11) is 6.40. The molecule has 1 aliphatic carbocycles. The third kappa shape index (κ3) is 15.9. The van der Waals surface area contributed by atoms with Crippen molar-refractivity contribution in [2.45, 2.75) is 106 Å². The number of hydrazone groups is 2. The summed E-state index contributed by atoms with van der Waals surface area (Å²) in [6, 6.07) is 37.2. The van der Waals surface area contributed by atoms with Crippen molar-refractivity contribution in [3.8, 4) is 23.0 Å². The molecule has 0 saturated heterocycles. The molecule has 2 heterocycles. The molecule has 0 saturated carbocycles. The molecule has 3 aliphatic rings. The summed E-state index contributed by atoms with van der Waals surface area (Å²) in [6.07, 6.45) is 28.5. The minimum absolute atomic E-state index is 0.156. The van der Waals surface area contributed by atoms with Gasteiger partial charge in [0.2, 0.25) is 0 Å². The molecule has 85 heavy (non-hydrogen) atoms. The summed E-state index contributed by atoms with van der Waals surface area (Å²) in [6.45, 7) is 17.5. The first kappa shape index (κ1) is 62.3. The molecule has 0 radical (unpaired) electrons. The number of carbonyl (C=O) groups is 2. The van der Waals surface area contributed by atoms with Crippen molar-refractivity contribution >= 4 is 57.9 Å². The molecular weight excluding hydrogens is 1060 g/mol. The van der Waals surface area contributed by atoms with Gasteiger partial charge in [0.25, 0.3) is 11.8 Å². The van der Waals surface area contributed by atoms with Crippen LogP contribution in [0.4, 0.5) is 5.69 Å². The van der Waals surface area contributed by atoms with E-state index < -0.39 is 0 Å². The Morgan fingerprint density at radius 1 is 0.529 bits per heavy atom. The van der Waals surface area contributed by atoms with Crippen LogP contribution in [0, 0.1) is 0 Å². The molecule has 2 aliphatic heterocycles. The summed E-state index contributed by atoms with van der Waals surface area (Å²) >= 11 is 0. The Hall–Kier alpha value is -8.77. The van der Waals surface area contributed by atoms with Gasteiger partial charge < -0.3 is 23.8 Å². The van der Waals surface area contributed by atoms with Crippen molar-refractivity contribution in [2.75, 3.05) is 59.5 Å². The van der Waals surface area contributed by atoms with Crippen molar-refractivity contribution in [3.05, 3.63) is 207 Å². The zero-order chi connectivity index (χ0) is 60.2. The Balaban J connectivity index is 1.12. The van der Waals surface area contributed by atoms with Crippen LogP contribution in [0.1, 0.15) is 132 Å². The van der Waals surface area contributed by atoms with E-state index in [1.807, 2.05) is 62.4 Å². The van der Waals surface area contributed by atoms with E-state index in [4.69, 9.17) is 29.2 Å². The van der Waals surface area contributed by atoms with Crippen LogP contribution in [0.15, 0.2) is 179 Å². The maximum atomic E-state index is 13.9. The molecule has 0 fully saturated rings. The van der Waals surface area contributed by atoms with Crippen LogP contribution in [0.5, 0.6) is 23.0 Å². The van der Waals surface area contributed by atoms with Gasteiger partial charge in [0, 0.05) is 43.8 Å². The van der Waals surface area contributed by atoms with Gasteiger partial charge in [-0.3, -0.25) is 9.59 Å². The number of nitrogens with zero attached hydrogens (tertiary/aromatic N) is 6. The standard InChI is InChI=1S/C73H85N6O6/c1-11-15-42-76(43-16-12-2)62-36-32-60(33-37-62)64(58-28-22-54(23-29-58)50-78-72(80)66(52(5)74-78)46-56-26-40-68(82-7)70(48-56)84-9)20-19-21-65(61-34-38-63(39-35-61)77(44-17-13-3)45-18-14-4)59-30-24-55(25-31-59)51-79-73(81)67(53(6)75-79)47-57-27-41-69(83-8)71(49-57)85-10/h19-41,46-49H,11-18,42-45,50-51H2,1-10H3/q+1/b66-46-,67-47-. The molecule has 8 rings (SSSR count). The van der Waals surface area contributed by atoms with E-state index in [-0.39, 0.29) is 11.8 Å². The zero-order valence-electron chi connectivity index (χ0n) is 51.6. The smallest absolute Gasteiger partial charge is 0.276 e. The summed E-state index contributed by atoms with van der Waals surface area (Å²) in [5.74, 6) is 2.11. The van der Waals surface area contributed by atoms with Crippen LogP contribution in [-0.4, -0.2) is 98.2 Å². The number of rotatable bonds is 28. The molecule has 0 N–H and O–H groups in total. The lowest BCUT2D eigenvalue weighted by Gasteiger charge is -2.25. The second kappa shape index (κ2) is 30.7. The number of benzene rings is 5. The van der Waals surface area contributed by atoms with Gasteiger partial charge in [-0.25, -0.2) is 14.6 Å². The fourth-order valence-electron chi connectivity index (χ4n) is 10.6. The molecule has 12 heteroatoms. The largest absolute Gasteiger partial charge is 0.493 e. The van der Waals surface area contributed by atoms with Gasteiger partial charge >= 0.3 is 0 Å². The van der Waals surface area contributed by atoms with Gasteiger partial charge in [-0.05, 0) is 143 Å². The molecule has 12 nitrogen and oxygen atoms in total. The van der Waals surface area contributed by atoms with Crippen LogP contribution in [-0.2, 0) is 22.7 Å². The lowest BCUT2D eigenvalue weighted by Crippen LogP contribution is -2.25. The first-order valence-electron chi connectivity index (χ1n) is 30.2. The number of carbonyl (C=O) groups excluding carboxylic acids is 2. The van der Waals surface area contributed by atoms with Crippen LogP contribution in [0.2, 0.25) is 0 Å². The number of methoxy groups -OCH3 is 4. The van der Waals surface area contributed by atoms with Crippen molar-refractivity contribution < 1.29 is 33.1 Å². The van der Waals surface area contributed by atoms with E-state index in [0.29, 0.717) is 58.7 Å². The molecule has 0 bridgehead atoms. The van der Waals surface area contributed by atoms with E-state index >= 15 is 0 Å². The molecule has 5 aromatic carbocycles. The topological polar surface area (TPSA) is 109 Å². The van der Waals surface area contributed by atoms with Gasteiger partial charge in [0.1, 0.15) is 13.1 Å². The number of allylic oxidation sites excluding steroid dienone is 9. The number of hydrogen-bond acceptors (Lipinski definition) is 9. The summed E-state index contributed by atoms with van der Waals surface area (Å²) in [5, 5.41) is 12.5. The van der Waals surface area contributed by atoms with E-state index in [2.05, 4.69) is 152 Å². The van der Waals surface area contributed by atoms with Crippen LogP contribution >= 0.6 is 0 Å². The van der Waals surface area contributed by atoms with Gasteiger partial charge in [0.15, 0.2) is 28.7 Å². The fourth-order valence-corrected chi connectivity index (χ4v) is 10.6. The average molecular weight is 1140 g/mol. The molecule has 0 atom stereocenters. The number of anilines is 1. The SMILES string of the molecule is CCCCN(CCCC)c1ccc(/C(=C\C=C\C(=C2C=CC(=[N+](CCCC)CCCC)C=C2)c2ccc(CN3N=C(C)/C(=C/c4ccc(OC)c(OC)c4)C3=O)cc2)c2ccc(CN3N=C(C)/C(=C/c4ccc(OC)c(OC)c4)C3=O)cc2)cc1. The molecule has 5 aromatic rings. The number of hydrogen-bond donors (Lipinski definition) is 0. The lowest BCUT2D eigenvalue weighted by atomic mass is 9.93. The molecular formula is C73H85N6O6+. The zero-order valence-corrected chi connectivity index (χ0v) is 51.6. The second-order valence-corrected chi connectivity index (χ2v) is 21.7. The van der Waals surface area contributed by atoms with E-state index in [1.165, 1.54) is 11.4 Å². The Bertz CT molecular complexity index is 3450. The highest BCUT2D eigenvalue weighted by molar-refractivity contribution is 6.27. The quantitative estimate of drug-likeness (QED) is 0.0279. The number of ether oxygens (including phenoxy) is 4. The Morgan fingerprint density at radius 3 is 1.40 bits per heavy atom. The average Bonchev–Trinajstić information content (AvgIpc) is 3.77. The lowest BCUT2D eigenvalue weighted by molar-refractivity contribution is -0.527. The highest BCUT2D eigenvalue weighted by Gasteiger charge is 2.29. The molecule has 0 spiro atoms. The summed E-state index contributed by atoms with van der Waals surface area (Å²) in [5.41, 5.74) is 14.8. The monoisotopic (exact) mass is 1140 g/mol. The van der Waals surface area contributed by atoms with E-state index in [0.717, 1.165) is 133 Å². The second-order valence-electron chi connectivity index (χ2n) is 21.7. The van der Waals surface area contributed by atoms with Crippen molar-refractivity contribution in [3.63, 3.8) is 0 Å². The summed E-state index contributed by atoms with van der Waals surface area (Å²) < 4.78 is 24.4. The predicted octanol–water partition coefficient (Wildman–Crippen LogP) is 15.4. The Labute approximate surface area is 504 Å². The van der Waals surface area contributed by atoms with Gasteiger partial charge in [-0.15, -0.1) is 0 Å². The molecule has 0 aromatic heterocycles. The maximum Gasteiger partial charge on any atom is 0.276 e. The minimum atomic E-state index is -0.156. The van der Waals surface area contributed by atoms with Crippen LogP contribution in [0.3, 0.4) is 0 Å². The molecule has 442 valence electrons.